The van der Waals surface area contributed by atoms with Gasteiger partial charge in [0, 0.05) is 19.4 Å². The minimum Gasteiger partial charge on any atom is -0.478 e. The predicted octanol–water partition coefficient (Wildman–Crippen LogP) is 2.01. The van der Waals surface area contributed by atoms with Crippen molar-refractivity contribution >= 4 is 57.3 Å². The fourth-order valence-electron chi connectivity index (χ4n) is 2.17. The topological polar surface area (TPSA) is 95.5 Å². The van der Waals surface area contributed by atoms with Crippen molar-refractivity contribution in [3.05, 3.63) is 60.9 Å². The van der Waals surface area contributed by atoms with Crippen LogP contribution >= 0.6 is 33.9 Å². The molecule has 0 spiro atoms. The van der Waals surface area contributed by atoms with Gasteiger partial charge in [0.1, 0.15) is 5.57 Å². The highest BCUT2D eigenvalue weighted by Gasteiger charge is 2.31. The molecule has 0 bridgehead atoms. The van der Waals surface area contributed by atoms with Crippen molar-refractivity contribution < 1.29 is 19.5 Å². The van der Waals surface area contributed by atoms with Gasteiger partial charge in [-0.2, -0.15) is 0 Å². The largest absolute Gasteiger partial charge is 0.478 e. The Morgan fingerprint density at radius 1 is 1.04 bits per heavy atom. The number of carboxylic acids is 1. The Morgan fingerprint density at radius 2 is 1.65 bits per heavy atom. The Bertz CT molecular complexity index is 837. The zero-order valence-corrected chi connectivity index (χ0v) is 14.4. The van der Waals surface area contributed by atoms with E-state index in [0.29, 0.717) is 16.0 Å². The first-order valence-corrected chi connectivity index (χ1v) is 8.36. The van der Waals surface area contributed by atoms with E-state index in [0.717, 1.165) is 3.57 Å². The first-order valence-electron chi connectivity index (χ1n) is 6.40. The Balaban J connectivity index is 2.23. The normalized spacial score (nSPS) is 13.7. The van der Waals surface area contributed by atoms with Gasteiger partial charge in [-0.25, -0.2) is 4.79 Å². The van der Waals surface area contributed by atoms with Crippen LogP contribution in [0.2, 0.25) is 0 Å². The molecule has 1 aliphatic rings. The molecular formula is C15H9IN2O4S. The number of carbonyl (C=O) groups is 3. The maximum Gasteiger partial charge on any atom is 0.336 e. The minimum absolute atomic E-state index is 0.0232. The van der Waals surface area contributed by atoms with Crippen LogP contribution in [0.5, 0.6) is 0 Å². The Labute approximate surface area is 148 Å². The number of carboxylic acid groups (broad SMARTS) is 1. The Kier molecular flexibility index (Phi) is 4.18. The van der Waals surface area contributed by atoms with Gasteiger partial charge in [0.2, 0.25) is 0 Å². The molecule has 1 fully saturated rings. The number of nitrogens with one attached hydrogen (secondary N) is 2. The number of aromatic carboxylic acids is 1. The lowest BCUT2D eigenvalue weighted by molar-refractivity contribution is -0.117. The highest BCUT2D eigenvalue weighted by molar-refractivity contribution is 14.1. The number of hydrazine groups is 1. The van der Waals surface area contributed by atoms with Crippen LogP contribution in [0.3, 0.4) is 0 Å². The van der Waals surface area contributed by atoms with Gasteiger partial charge in [0.05, 0.1) is 5.56 Å². The molecule has 6 nitrogen and oxygen atoms in total. The molecule has 1 aliphatic heterocycles. The lowest BCUT2D eigenvalue weighted by Crippen LogP contribution is -2.28. The second-order valence-electron chi connectivity index (χ2n) is 4.67. The molecule has 0 saturated carbocycles. The number of amides is 2. The summed E-state index contributed by atoms with van der Waals surface area (Å²) in [7, 11) is 0. The van der Waals surface area contributed by atoms with Gasteiger partial charge < -0.3 is 5.11 Å². The summed E-state index contributed by atoms with van der Waals surface area (Å²) in [6.45, 7) is 0. The van der Waals surface area contributed by atoms with Gasteiger partial charge in [0.25, 0.3) is 11.8 Å². The average molecular weight is 440 g/mol. The molecule has 8 heteroatoms. The summed E-state index contributed by atoms with van der Waals surface area (Å²) < 4.78 is 1.01. The fraction of sp³-hybridized carbons (Fsp3) is 0. The van der Waals surface area contributed by atoms with Crippen LogP contribution < -0.4 is 10.9 Å². The van der Waals surface area contributed by atoms with Crippen molar-refractivity contribution in [3.8, 4) is 0 Å². The van der Waals surface area contributed by atoms with E-state index in [9.17, 15) is 14.4 Å². The second kappa shape index (κ2) is 6.13. The number of carbonyl (C=O) groups excluding carboxylic acids is 2. The zero-order chi connectivity index (χ0) is 16.6. The summed E-state index contributed by atoms with van der Waals surface area (Å²) in [6, 6.07) is 8.76. The van der Waals surface area contributed by atoms with E-state index in [-0.39, 0.29) is 11.1 Å². The molecule has 2 amide bonds. The van der Waals surface area contributed by atoms with Crippen molar-refractivity contribution in [2.45, 2.75) is 0 Å². The summed E-state index contributed by atoms with van der Waals surface area (Å²) in [6.07, 6.45) is 0. The van der Waals surface area contributed by atoms with Crippen LogP contribution in [0, 0.1) is 3.57 Å². The number of rotatable bonds is 3. The van der Waals surface area contributed by atoms with E-state index >= 15 is 0 Å². The number of benzene rings is 1. The number of hydrogen-bond acceptors (Lipinski definition) is 4. The third-order valence-electron chi connectivity index (χ3n) is 3.22. The average Bonchev–Trinajstić information content (AvgIpc) is 3.12. The predicted molar refractivity (Wildman–Crippen MR) is 92.7 cm³/mol. The molecule has 0 atom stereocenters. The molecule has 2 aromatic rings. The first kappa shape index (κ1) is 15.7. The van der Waals surface area contributed by atoms with Gasteiger partial charge >= 0.3 is 5.97 Å². The van der Waals surface area contributed by atoms with E-state index in [1.54, 1.807) is 12.1 Å². The maximum atomic E-state index is 12.0. The molecule has 1 saturated heterocycles. The van der Waals surface area contributed by atoms with Gasteiger partial charge in [-0.15, -0.1) is 11.3 Å². The third kappa shape index (κ3) is 2.99. The summed E-state index contributed by atoms with van der Waals surface area (Å²) in [5.74, 6) is -2.12. The first-order chi connectivity index (χ1) is 11.0. The summed E-state index contributed by atoms with van der Waals surface area (Å²) in [5.41, 5.74) is 5.73. The van der Waals surface area contributed by atoms with Crippen LogP contribution in [0.4, 0.5) is 0 Å². The van der Waals surface area contributed by atoms with Crippen LogP contribution in [0.1, 0.15) is 20.8 Å². The third-order valence-corrected chi connectivity index (χ3v) is 4.89. The molecule has 0 aliphatic carbocycles. The van der Waals surface area contributed by atoms with E-state index < -0.39 is 17.8 Å². The monoisotopic (exact) mass is 440 g/mol. The number of hydrogen-bond donors (Lipinski definition) is 3. The van der Waals surface area contributed by atoms with E-state index in [1.165, 1.54) is 22.8 Å². The van der Waals surface area contributed by atoms with Crippen LogP contribution in [0.25, 0.3) is 5.57 Å². The number of thiophene rings is 1. The molecule has 0 radical (unpaired) electrons. The maximum absolute atomic E-state index is 12.0. The number of halogens is 1. The van der Waals surface area contributed by atoms with Gasteiger partial charge in [0.15, 0.2) is 0 Å². The van der Waals surface area contributed by atoms with Gasteiger partial charge in [-0.05, 0) is 46.4 Å². The lowest BCUT2D eigenvalue weighted by atomic mass is 9.97. The second-order valence-corrected chi connectivity index (χ2v) is 6.83. The van der Waals surface area contributed by atoms with Crippen LogP contribution in [-0.4, -0.2) is 22.9 Å². The Morgan fingerprint density at radius 3 is 2.17 bits per heavy atom. The van der Waals surface area contributed by atoms with E-state index in [2.05, 4.69) is 33.4 Å². The van der Waals surface area contributed by atoms with Crippen LogP contribution in [0.15, 0.2) is 41.3 Å². The fourth-order valence-corrected chi connectivity index (χ4v) is 3.49. The molecule has 0 unspecified atom stereocenters. The van der Waals surface area contributed by atoms with E-state index in [4.69, 9.17) is 5.11 Å². The van der Waals surface area contributed by atoms with Gasteiger partial charge in [-0.1, -0.05) is 12.1 Å². The molecule has 1 aromatic heterocycles. The van der Waals surface area contributed by atoms with Gasteiger partial charge in [-0.3, -0.25) is 20.4 Å². The summed E-state index contributed by atoms with van der Waals surface area (Å²) in [5, 5.41) is 10.6. The zero-order valence-electron chi connectivity index (χ0n) is 11.4. The summed E-state index contributed by atoms with van der Waals surface area (Å²) >= 11 is 3.33. The van der Waals surface area contributed by atoms with Crippen molar-refractivity contribution in [2.75, 3.05) is 0 Å². The SMILES string of the molecule is O=C1NNC(=O)C1=C(c1ccc(I)cc1)c1cc(C(=O)O)cs1. The van der Waals surface area contributed by atoms with Crippen molar-refractivity contribution in [1.82, 2.24) is 10.9 Å². The lowest BCUT2D eigenvalue weighted by Gasteiger charge is -2.08. The molecule has 3 rings (SSSR count). The molecule has 1 aromatic carbocycles. The van der Waals surface area contributed by atoms with E-state index in [1.807, 2.05) is 12.1 Å². The quantitative estimate of drug-likeness (QED) is 0.387. The van der Waals surface area contributed by atoms with Crippen molar-refractivity contribution in [1.29, 1.82) is 0 Å². The van der Waals surface area contributed by atoms with Crippen LogP contribution in [-0.2, 0) is 9.59 Å². The molecule has 3 N–H and O–H groups in total. The smallest absolute Gasteiger partial charge is 0.336 e. The molecule has 116 valence electrons. The molecular weight excluding hydrogens is 431 g/mol. The summed E-state index contributed by atoms with van der Waals surface area (Å²) in [4.78, 5) is 35.7. The highest BCUT2D eigenvalue weighted by Crippen LogP contribution is 2.33. The molecule has 2 heterocycles. The van der Waals surface area contributed by atoms with Crippen molar-refractivity contribution in [2.24, 2.45) is 0 Å². The highest BCUT2D eigenvalue weighted by atomic mass is 127. The Hall–Kier alpha value is -2.20. The van der Waals surface area contributed by atoms with Crippen molar-refractivity contribution in [3.63, 3.8) is 0 Å². The minimum atomic E-state index is -1.06. The standard InChI is InChI=1S/C15H9IN2O4S/c16-9-3-1-7(2-4-9)11(12-13(19)17-18-14(12)20)10-5-8(6-23-10)15(21)22/h1-6H,(H,17,19)(H,18,20)(H,21,22). The molecule has 23 heavy (non-hydrogen) atoms.